The Hall–Kier alpha value is -3.74. The van der Waals surface area contributed by atoms with Gasteiger partial charge < -0.3 is 5.32 Å². The average molecular weight is 502 g/mol. The Labute approximate surface area is 220 Å². The van der Waals surface area contributed by atoms with Gasteiger partial charge in [-0.15, -0.1) is 0 Å². The van der Waals surface area contributed by atoms with Crippen LogP contribution in [0.5, 0.6) is 0 Å². The lowest BCUT2D eigenvalue weighted by molar-refractivity contribution is -0.126. The Kier molecular flexibility index (Phi) is 12.1. The minimum Gasteiger partial charge on any atom is -0.347 e. The van der Waals surface area contributed by atoms with E-state index in [0.29, 0.717) is 6.42 Å². The van der Waals surface area contributed by atoms with Crippen molar-refractivity contribution in [3.8, 4) is 16.9 Å². The van der Waals surface area contributed by atoms with Crippen molar-refractivity contribution in [2.45, 2.75) is 71.1 Å². The maximum absolute atomic E-state index is 12.2. The highest BCUT2D eigenvalue weighted by molar-refractivity contribution is 5.90. The number of nitrogens with zero attached hydrogens (tertiary/aromatic N) is 3. The molecule has 2 amide bonds. The van der Waals surface area contributed by atoms with Gasteiger partial charge >= 0.3 is 0 Å². The third-order valence-corrected chi connectivity index (χ3v) is 6.16. The zero-order chi connectivity index (χ0) is 26.1. The number of hydrazone groups is 1. The second-order valence-electron chi connectivity index (χ2n) is 9.23. The molecule has 2 aromatic carbocycles. The molecule has 0 fully saturated rings. The number of amides is 2. The quantitative estimate of drug-likeness (QED) is 0.143. The van der Waals surface area contributed by atoms with Crippen LogP contribution in [0.25, 0.3) is 16.9 Å². The molecule has 1 aromatic heterocycles. The fraction of sp³-hybridized carbons (Fsp3) is 0.400. The van der Waals surface area contributed by atoms with E-state index in [-0.39, 0.29) is 18.4 Å². The van der Waals surface area contributed by atoms with E-state index in [1.807, 2.05) is 66.9 Å². The van der Waals surface area contributed by atoms with Gasteiger partial charge in [0.15, 0.2) is 0 Å². The molecule has 0 aliphatic carbocycles. The predicted molar refractivity (Wildman–Crippen MR) is 150 cm³/mol. The van der Waals surface area contributed by atoms with Gasteiger partial charge in [0.2, 0.25) is 5.91 Å². The van der Waals surface area contributed by atoms with E-state index < -0.39 is 0 Å². The molecule has 1 heterocycles. The Morgan fingerprint density at radius 1 is 0.838 bits per heavy atom. The fourth-order valence-electron chi connectivity index (χ4n) is 4.09. The number of benzene rings is 2. The molecule has 7 heteroatoms. The SMILES string of the molecule is CCCCCCCCCCCC(=O)NCC(=O)N/N=C/c1cn(-c2ccccc2)nc1-c1ccccc1. The second kappa shape index (κ2) is 16.1. The maximum Gasteiger partial charge on any atom is 0.259 e. The molecule has 0 aliphatic heterocycles. The summed E-state index contributed by atoms with van der Waals surface area (Å²) in [5.74, 6) is -0.467. The molecule has 196 valence electrons. The van der Waals surface area contributed by atoms with Gasteiger partial charge in [-0.2, -0.15) is 10.2 Å². The molecule has 0 aliphatic rings. The lowest BCUT2D eigenvalue weighted by Gasteiger charge is -2.05. The highest BCUT2D eigenvalue weighted by atomic mass is 16.2. The summed E-state index contributed by atoms with van der Waals surface area (Å²) < 4.78 is 1.79. The van der Waals surface area contributed by atoms with Crippen LogP contribution in [0.3, 0.4) is 0 Å². The zero-order valence-corrected chi connectivity index (χ0v) is 21.9. The maximum atomic E-state index is 12.2. The zero-order valence-electron chi connectivity index (χ0n) is 21.9. The third kappa shape index (κ3) is 10.0. The first-order chi connectivity index (χ1) is 18.2. The summed E-state index contributed by atoms with van der Waals surface area (Å²) in [5.41, 5.74) is 5.91. The highest BCUT2D eigenvalue weighted by Crippen LogP contribution is 2.22. The molecule has 3 rings (SSSR count). The molecular formula is C30H39N5O2. The summed E-state index contributed by atoms with van der Waals surface area (Å²) in [6.07, 6.45) is 14.7. The van der Waals surface area contributed by atoms with Gasteiger partial charge in [-0.3, -0.25) is 9.59 Å². The predicted octanol–water partition coefficient (Wildman–Crippen LogP) is 6.03. The number of rotatable bonds is 16. The van der Waals surface area contributed by atoms with Crippen molar-refractivity contribution in [3.63, 3.8) is 0 Å². The lowest BCUT2D eigenvalue weighted by Crippen LogP contribution is -2.34. The highest BCUT2D eigenvalue weighted by Gasteiger charge is 2.11. The van der Waals surface area contributed by atoms with Crippen LogP contribution < -0.4 is 10.7 Å². The van der Waals surface area contributed by atoms with Crippen molar-refractivity contribution in [2.24, 2.45) is 5.10 Å². The molecule has 0 radical (unpaired) electrons. The molecule has 7 nitrogen and oxygen atoms in total. The first-order valence-electron chi connectivity index (χ1n) is 13.5. The number of hydrogen-bond acceptors (Lipinski definition) is 4. The summed E-state index contributed by atoms with van der Waals surface area (Å²) >= 11 is 0. The van der Waals surface area contributed by atoms with Crippen LogP contribution in [0.1, 0.15) is 76.7 Å². The molecular weight excluding hydrogens is 462 g/mol. The topological polar surface area (TPSA) is 88.4 Å². The molecule has 37 heavy (non-hydrogen) atoms. The molecule has 3 aromatic rings. The van der Waals surface area contributed by atoms with E-state index in [1.165, 1.54) is 44.9 Å². The van der Waals surface area contributed by atoms with Gasteiger partial charge in [-0.25, -0.2) is 10.1 Å². The summed E-state index contributed by atoms with van der Waals surface area (Å²) in [5, 5.41) is 11.5. The molecule has 0 saturated heterocycles. The fourth-order valence-corrected chi connectivity index (χ4v) is 4.09. The van der Waals surface area contributed by atoms with Gasteiger partial charge in [0.1, 0.15) is 5.69 Å². The Morgan fingerprint density at radius 2 is 1.46 bits per heavy atom. The van der Waals surface area contributed by atoms with Crippen molar-refractivity contribution in [1.82, 2.24) is 20.5 Å². The molecule has 0 atom stereocenters. The van der Waals surface area contributed by atoms with Crippen molar-refractivity contribution < 1.29 is 9.59 Å². The molecule has 0 saturated carbocycles. The third-order valence-electron chi connectivity index (χ3n) is 6.16. The minimum atomic E-state index is -0.367. The van der Waals surface area contributed by atoms with Crippen LogP contribution in [0.2, 0.25) is 0 Å². The minimum absolute atomic E-state index is 0.0948. The van der Waals surface area contributed by atoms with Gasteiger partial charge in [-0.1, -0.05) is 107 Å². The van der Waals surface area contributed by atoms with Crippen molar-refractivity contribution >= 4 is 18.0 Å². The number of carbonyl (C=O) groups is 2. The van der Waals surface area contributed by atoms with E-state index in [1.54, 1.807) is 10.9 Å². The van der Waals surface area contributed by atoms with Gasteiger partial charge in [-0.05, 0) is 18.6 Å². The monoisotopic (exact) mass is 501 g/mol. The van der Waals surface area contributed by atoms with Crippen LogP contribution in [0.15, 0.2) is 72.0 Å². The van der Waals surface area contributed by atoms with Crippen molar-refractivity contribution in [2.75, 3.05) is 6.54 Å². The number of carbonyl (C=O) groups excluding carboxylic acids is 2. The van der Waals surface area contributed by atoms with Gasteiger partial charge in [0.25, 0.3) is 5.91 Å². The number of nitrogens with one attached hydrogen (secondary N) is 2. The first-order valence-corrected chi connectivity index (χ1v) is 13.5. The van der Waals surface area contributed by atoms with Crippen LogP contribution in [0.4, 0.5) is 0 Å². The summed E-state index contributed by atoms with van der Waals surface area (Å²) in [6.45, 7) is 2.13. The van der Waals surface area contributed by atoms with Gasteiger partial charge in [0, 0.05) is 23.7 Å². The van der Waals surface area contributed by atoms with Crippen LogP contribution >= 0.6 is 0 Å². The molecule has 2 N–H and O–H groups in total. The largest absolute Gasteiger partial charge is 0.347 e. The molecule has 0 spiro atoms. The Balaban J connectivity index is 1.42. The van der Waals surface area contributed by atoms with Crippen LogP contribution in [-0.4, -0.2) is 34.4 Å². The van der Waals surface area contributed by atoms with Gasteiger partial charge in [0.05, 0.1) is 18.4 Å². The van der Waals surface area contributed by atoms with E-state index in [9.17, 15) is 9.59 Å². The Morgan fingerprint density at radius 3 is 2.14 bits per heavy atom. The van der Waals surface area contributed by atoms with E-state index in [2.05, 4.69) is 22.8 Å². The normalized spacial score (nSPS) is 11.1. The summed E-state index contributed by atoms with van der Waals surface area (Å²) in [7, 11) is 0. The Bertz CT molecular complexity index is 1110. The smallest absolute Gasteiger partial charge is 0.259 e. The second-order valence-corrected chi connectivity index (χ2v) is 9.23. The first kappa shape index (κ1) is 27.8. The van der Waals surface area contributed by atoms with Crippen LogP contribution in [-0.2, 0) is 9.59 Å². The molecule has 0 unspecified atom stereocenters. The number of para-hydroxylation sites is 1. The number of aromatic nitrogens is 2. The van der Waals surface area contributed by atoms with Crippen LogP contribution in [0, 0.1) is 0 Å². The van der Waals surface area contributed by atoms with E-state index >= 15 is 0 Å². The van der Waals surface area contributed by atoms with E-state index in [4.69, 9.17) is 5.10 Å². The summed E-state index contributed by atoms with van der Waals surface area (Å²) in [4.78, 5) is 24.2. The lowest BCUT2D eigenvalue weighted by atomic mass is 10.1. The van der Waals surface area contributed by atoms with Crippen molar-refractivity contribution in [3.05, 3.63) is 72.4 Å². The average Bonchev–Trinajstić information content (AvgIpc) is 3.36. The number of hydrogen-bond donors (Lipinski definition) is 2. The molecule has 0 bridgehead atoms. The van der Waals surface area contributed by atoms with Crippen molar-refractivity contribution in [1.29, 1.82) is 0 Å². The number of unbranched alkanes of at least 4 members (excludes halogenated alkanes) is 8. The standard InChI is InChI=1S/C30H39N5O2/c1-2-3-4-5-6-7-8-9-16-21-28(36)31-23-29(37)33-32-22-26-24-35(27-19-14-11-15-20-27)34-30(26)25-17-12-10-13-18-25/h10-15,17-20,22,24H,2-9,16,21,23H2,1H3,(H,31,36)(H,33,37)/b32-22+. The summed E-state index contributed by atoms with van der Waals surface area (Å²) in [6, 6.07) is 19.6. The van der Waals surface area contributed by atoms with E-state index in [0.717, 1.165) is 35.3 Å².